The van der Waals surface area contributed by atoms with Gasteiger partial charge >= 0.3 is 0 Å². The molecule has 110 valence electrons. The molecule has 0 atom stereocenters. The number of hydrogen-bond acceptors (Lipinski definition) is 2. The van der Waals surface area contributed by atoms with Crippen LogP contribution in [0.3, 0.4) is 0 Å². The van der Waals surface area contributed by atoms with Gasteiger partial charge in [-0.3, -0.25) is 9.59 Å². The van der Waals surface area contributed by atoms with E-state index >= 15 is 0 Å². The lowest BCUT2D eigenvalue weighted by Crippen LogP contribution is -2.00. The largest absolute Gasteiger partial charge is 0.300 e. The minimum Gasteiger partial charge on any atom is -0.300 e. The first-order valence-corrected chi connectivity index (χ1v) is 8.32. The number of carbonyl (C=O) groups excluding carboxylic acids is 2. The van der Waals surface area contributed by atoms with E-state index in [9.17, 15) is 9.59 Å². The van der Waals surface area contributed by atoms with Crippen molar-refractivity contribution < 1.29 is 9.59 Å². The summed E-state index contributed by atoms with van der Waals surface area (Å²) in [7, 11) is 0. The van der Waals surface area contributed by atoms with Crippen LogP contribution in [0.25, 0.3) is 0 Å². The smallest absolute Gasteiger partial charge is 0.132 e. The van der Waals surface area contributed by atoms with Gasteiger partial charge in [0.25, 0.3) is 0 Å². The Balaban J connectivity index is 2.22. The van der Waals surface area contributed by atoms with E-state index in [0.29, 0.717) is 24.4 Å². The van der Waals surface area contributed by atoms with Gasteiger partial charge in [-0.25, -0.2) is 0 Å². The summed E-state index contributed by atoms with van der Waals surface area (Å²) in [6.45, 7) is 0. The average molecular weight is 266 g/mol. The van der Waals surface area contributed by atoms with Gasteiger partial charge in [0.15, 0.2) is 0 Å². The Morgan fingerprint density at radius 2 is 0.579 bits per heavy atom. The summed E-state index contributed by atoms with van der Waals surface area (Å²) >= 11 is 0. The van der Waals surface area contributed by atoms with Gasteiger partial charge in [-0.1, -0.05) is 44.9 Å². The molecule has 0 N–H and O–H groups in total. The highest BCUT2D eigenvalue weighted by molar-refractivity contribution is 5.79. The summed E-state index contributed by atoms with van der Waals surface area (Å²) < 4.78 is 0. The van der Waals surface area contributed by atoms with Crippen molar-refractivity contribution >= 4 is 11.6 Å². The zero-order valence-corrected chi connectivity index (χ0v) is 12.4. The lowest BCUT2D eigenvalue weighted by Gasteiger charge is -2.02. The van der Waals surface area contributed by atoms with Crippen molar-refractivity contribution in [2.24, 2.45) is 0 Å². The summed E-state index contributed by atoms with van der Waals surface area (Å²) in [6, 6.07) is 0. The highest BCUT2D eigenvalue weighted by atomic mass is 16.1. The van der Waals surface area contributed by atoms with E-state index < -0.39 is 0 Å². The maximum absolute atomic E-state index is 11.6. The van der Waals surface area contributed by atoms with E-state index in [0.717, 1.165) is 38.5 Å². The van der Waals surface area contributed by atoms with Crippen LogP contribution in [-0.2, 0) is 9.59 Å². The van der Waals surface area contributed by atoms with Crippen molar-refractivity contribution in [2.75, 3.05) is 0 Å². The standard InChI is InChI=1S/C17H30O2/c18-16-12-8-6-4-2-1-3-5-7-9-13-17(19)15-11-10-14-16/h1-15H2. The van der Waals surface area contributed by atoms with Crippen LogP contribution < -0.4 is 0 Å². The van der Waals surface area contributed by atoms with Crippen LogP contribution in [0.15, 0.2) is 0 Å². The summed E-state index contributed by atoms with van der Waals surface area (Å²) in [5.74, 6) is 0.800. The van der Waals surface area contributed by atoms with Gasteiger partial charge in [-0.05, 0) is 25.7 Å². The highest BCUT2D eigenvalue weighted by Gasteiger charge is 2.05. The summed E-state index contributed by atoms with van der Waals surface area (Å²) in [5.41, 5.74) is 0. The Bertz CT molecular complexity index is 232. The Kier molecular flexibility index (Phi) is 9.66. The molecule has 1 saturated carbocycles. The van der Waals surface area contributed by atoms with Crippen LogP contribution >= 0.6 is 0 Å². The molecule has 2 heteroatoms. The van der Waals surface area contributed by atoms with E-state index in [4.69, 9.17) is 0 Å². The van der Waals surface area contributed by atoms with Gasteiger partial charge in [-0.2, -0.15) is 0 Å². The minimum atomic E-state index is 0.400. The van der Waals surface area contributed by atoms with Gasteiger partial charge in [0.05, 0.1) is 0 Å². The first kappa shape index (κ1) is 16.4. The van der Waals surface area contributed by atoms with Crippen LogP contribution in [0.2, 0.25) is 0 Å². The highest BCUT2D eigenvalue weighted by Crippen LogP contribution is 2.14. The lowest BCUT2D eigenvalue weighted by atomic mass is 10.0. The molecule has 0 aromatic heterocycles. The second kappa shape index (κ2) is 11.2. The van der Waals surface area contributed by atoms with E-state index in [2.05, 4.69) is 0 Å². The van der Waals surface area contributed by atoms with Gasteiger partial charge < -0.3 is 0 Å². The van der Waals surface area contributed by atoms with Crippen LogP contribution in [0.5, 0.6) is 0 Å². The van der Waals surface area contributed by atoms with Crippen LogP contribution in [0.4, 0.5) is 0 Å². The fourth-order valence-corrected chi connectivity index (χ4v) is 2.78. The van der Waals surface area contributed by atoms with Gasteiger partial charge in [-0.15, -0.1) is 0 Å². The fourth-order valence-electron chi connectivity index (χ4n) is 2.78. The summed E-state index contributed by atoms with van der Waals surface area (Å²) in [4.78, 5) is 23.3. The molecular formula is C17H30O2. The molecule has 0 saturated heterocycles. The molecule has 0 spiro atoms. The Labute approximate surface area is 118 Å². The first-order valence-electron chi connectivity index (χ1n) is 8.32. The molecule has 0 unspecified atom stereocenters. The predicted octanol–water partition coefficient (Wildman–Crippen LogP) is 4.99. The predicted molar refractivity (Wildman–Crippen MR) is 79.3 cm³/mol. The van der Waals surface area contributed by atoms with Crippen LogP contribution in [-0.4, -0.2) is 11.6 Å². The molecule has 19 heavy (non-hydrogen) atoms. The third-order valence-corrected chi connectivity index (χ3v) is 4.07. The normalized spacial score (nSPS) is 22.9. The number of hydrogen-bond donors (Lipinski definition) is 0. The minimum absolute atomic E-state index is 0.400. The topological polar surface area (TPSA) is 34.1 Å². The van der Waals surface area contributed by atoms with Crippen molar-refractivity contribution in [2.45, 2.75) is 96.3 Å². The van der Waals surface area contributed by atoms with E-state index in [1.165, 1.54) is 44.9 Å². The van der Waals surface area contributed by atoms with Gasteiger partial charge in [0.1, 0.15) is 11.6 Å². The number of carbonyl (C=O) groups is 2. The molecule has 1 aliphatic carbocycles. The Morgan fingerprint density at radius 1 is 0.368 bits per heavy atom. The quantitative estimate of drug-likeness (QED) is 0.619. The second-order valence-corrected chi connectivity index (χ2v) is 5.97. The molecule has 1 rings (SSSR count). The molecule has 0 bridgehead atoms. The molecule has 0 aromatic rings. The third-order valence-electron chi connectivity index (χ3n) is 4.07. The number of Topliss-reactive ketones (excluding diaryl/α,β-unsaturated/α-hetero) is 2. The van der Waals surface area contributed by atoms with Crippen molar-refractivity contribution in [3.8, 4) is 0 Å². The zero-order valence-electron chi connectivity index (χ0n) is 12.4. The van der Waals surface area contributed by atoms with E-state index in [1.807, 2.05) is 0 Å². The molecule has 0 aliphatic heterocycles. The van der Waals surface area contributed by atoms with Crippen molar-refractivity contribution in [3.63, 3.8) is 0 Å². The average Bonchev–Trinajstić information content (AvgIpc) is 2.40. The summed E-state index contributed by atoms with van der Waals surface area (Å²) in [6.07, 6.45) is 15.8. The van der Waals surface area contributed by atoms with Crippen molar-refractivity contribution in [1.29, 1.82) is 0 Å². The molecular weight excluding hydrogens is 236 g/mol. The Hall–Kier alpha value is -0.660. The molecule has 2 nitrogen and oxygen atoms in total. The fraction of sp³-hybridized carbons (Fsp3) is 0.882. The zero-order chi connectivity index (χ0) is 13.8. The third kappa shape index (κ3) is 9.86. The van der Waals surface area contributed by atoms with Crippen molar-refractivity contribution in [1.82, 2.24) is 0 Å². The Morgan fingerprint density at radius 3 is 0.895 bits per heavy atom. The van der Waals surface area contributed by atoms with Gasteiger partial charge in [0, 0.05) is 25.7 Å². The van der Waals surface area contributed by atoms with Crippen LogP contribution in [0.1, 0.15) is 96.3 Å². The molecule has 0 heterocycles. The summed E-state index contributed by atoms with van der Waals surface area (Å²) in [5, 5.41) is 0. The molecule has 1 fully saturated rings. The maximum atomic E-state index is 11.6. The second-order valence-electron chi connectivity index (χ2n) is 5.97. The molecule has 0 amide bonds. The van der Waals surface area contributed by atoms with Gasteiger partial charge in [0.2, 0.25) is 0 Å². The molecule has 0 radical (unpaired) electrons. The lowest BCUT2D eigenvalue weighted by molar-refractivity contribution is -0.121. The van der Waals surface area contributed by atoms with Crippen LogP contribution in [0, 0.1) is 0 Å². The number of rotatable bonds is 0. The number of ketones is 2. The van der Waals surface area contributed by atoms with Crippen molar-refractivity contribution in [3.05, 3.63) is 0 Å². The molecule has 1 aliphatic rings. The molecule has 0 aromatic carbocycles. The maximum Gasteiger partial charge on any atom is 0.132 e. The van der Waals surface area contributed by atoms with E-state index in [1.54, 1.807) is 0 Å². The monoisotopic (exact) mass is 266 g/mol. The first-order chi connectivity index (χ1) is 9.29. The SMILES string of the molecule is O=C1CCCCCCCCCCCC(=O)CCCC1. The van der Waals surface area contributed by atoms with E-state index in [-0.39, 0.29) is 0 Å².